The van der Waals surface area contributed by atoms with Crippen molar-refractivity contribution in [2.24, 2.45) is 0 Å². The second-order valence-corrected chi connectivity index (χ2v) is 14.2. The molecule has 0 spiro atoms. The summed E-state index contributed by atoms with van der Waals surface area (Å²) in [6, 6.07) is 64.7. The quantitative estimate of drug-likeness (QED) is 0.155. The Balaban J connectivity index is 0.000000264. The fourth-order valence-corrected chi connectivity index (χ4v) is 9.11. The van der Waals surface area contributed by atoms with Crippen LogP contribution in [-0.2, 0) is 30.5 Å². The van der Waals surface area contributed by atoms with E-state index >= 15 is 0 Å². The first-order chi connectivity index (χ1) is 22.2. The summed E-state index contributed by atoms with van der Waals surface area (Å²) in [4.78, 5) is 0. The molecule has 0 aromatic heterocycles. The predicted molar refractivity (Wildman–Crippen MR) is 197 cm³/mol. The van der Waals surface area contributed by atoms with Crippen LogP contribution in [0.1, 0.15) is 0 Å². The first-order valence-electron chi connectivity index (χ1n) is 14.7. The Labute approximate surface area is 304 Å². The van der Waals surface area contributed by atoms with E-state index in [1.165, 1.54) is 31.8 Å². The van der Waals surface area contributed by atoms with E-state index in [2.05, 4.69) is 205 Å². The summed E-state index contributed by atoms with van der Waals surface area (Å²) in [5.41, 5.74) is 0. The minimum atomic E-state index is -0.446. The third-order valence-corrected chi connectivity index (χ3v) is 11.4. The van der Waals surface area contributed by atoms with Crippen LogP contribution < -0.4 is 44.2 Å². The zero-order valence-corrected chi connectivity index (χ0v) is 31.2. The van der Waals surface area contributed by atoms with Crippen molar-refractivity contribution >= 4 is 47.7 Å². The first kappa shape index (κ1) is 40.3. The van der Waals surface area contributed by atoms with E-state index < -0.39 is 15.8 Å². The molecule has 6 aromatic rings. The molecule has 0 bridgehead atoms. The van der Waals surface area contributed by atoms with Gasteiger partial charge in [-0.25, -0.2) is 0 Å². The Bertz CT molecular complexity index is 1290. The molecular weight excluding hydrogens is 817 g/mol. The number of methoxy groups -OCH3 is 1. The average molecular weight is 856 g/mol. The fraction of sp³-hybridized carbons (Fsp3) is 0.0488. The van der Waals surface area contributed by atoms with Crippen LogP contribution in [0.5, 0.6) is 0 Å². The molecule has 47 heavy (non-hydrogen) atoms. The third kappa shape index (κ3) is 13.6. The van der Waals surface area contributed by atoms with Crippen LogP contribution in [0.2, 0.25) is 0 Å². The topological polar surface area (TPSA) is 18.5 Å². The van der Waals surface area contributed by atoms with E-state index in [4.69, 9.17) is 0 Å². The van der Waals surface area contributed by atoms with Gasteiger partial charge in [-0.15, -0.1) is 0 Å². The number of rotatable bonds is 9. The van der Waals surface area contributed by atoms with Gasteiger partial charge in [-0.2, -0.15) is 0 Å². The third-order valence-electron chi connectivity index (χ3n) is 6.47. The first-order valence-corrected chi connectivity index (χ1v) is 17.4. The van der Waals surface area contributed by atoms with Gasteiger partial charge in [0.1, 0.15) is 12.9 Å². The van der Waals surface area contributed by atoms with Crippen LogP contribution in [0.25, 0.3) is 0 Å². The Morgan fingerprint density at radius 2 is 0.617 bits per heavy atom. The maximum absolute atomic E-state index is 4.66. The number of hydrogen-bond acceptors (Lipinski definition) is 2. The minimum absolute atomic E-state index is 0. The van der Waals surface area contributed by atoms with Gasteiger partial charge in [-0.1, -0.05) is 182 Å². The minimum Gasteiger partial charge on any atom is -1.00 e. The average Bonchev–Trinajstić information content (AvgIpc) is 3.11. The molecule has 6 aromatic carbocycles. The summed E-state index contributed by atoms with van der Waals surface area (Å²) in [6.07, 6.45) is 0.432. The van der Waals surface area contributed by atoms with Crippen LogP contribution in [-0.4, -0.2) is 13.9 Å². The van der Waals surface area contributed by atoms with E-state index in [9.17, 15) is 0 Å². The zero-order chi connectivity index (χ0) is 31.5. The van der Waals surface area contributed by atoms with E-state index in [0.717, 1.165) is 0 Å². The van der Waals surface area contributed by atoms with Gasteiger partial charge in [0.05, 0.1) is 0 Å². The molecule has 243 valence electrons. The van der Waals surface area contributed by atoms with Gasteiger partial charge in [0.25, 0.3) is 0 Å². The normalized spacial score (nSPS) is 10.1. The predicted octanol–water partition coefficient (Wildman–Crippen LogP) is 4.70. The number of ether oxygens (including phenoxy) is 2. The van der Waals surface area contributed by atoms with Crippen molar-refractivity contribution in [1.82, 2.24) is 0 Å². The monoisotopic (exact) mass is 855 g/mol. The summed E-state index contributed by atoms with van der Waals surface area (Å²) < 4.78 is 9.19. The van der Waals surface area contributed by atoms with Crippen LogP contribution in [0, 0.1) is 20.0 Å². The number of halogens is 1. The smallest absolute Gasteiger partial charge is 0.147 e. The Morgan fingerprint density at radius 1 is 0.426 bits per heavy atom. The molecule has 0 amide bonds. The molecule has 0 aliphatic rings. The largest absolute Gasteiger partial charge is 1.00 e. The molecule has 6 heteroatoms. The summed E-state index contributed by atoms with van der Waals surface area (Å²) in [5, 5.41) is 8.39. The van der Waals surface area contributed by atoms with Crippen molar-refractivity contribution in [2.45, 2.75) is 0 Å². The van der Waals surface area contributed by atoms with Crippen LogP contribution >= 0.6 is 15.8 Å². The molecule has 6 rings (SSSR count). The number of hydrogen-bond donors (Lipinski definition) is 0. The SMILES string of the molecule is [CH2][C]([CH2])OCOC.[Cl-].[Pt].c1ccc(P(c2ccccc2)c2ccccc2)cc1.c1ccc(P(c2ccccc2)c2ccccc2)cc1. The molecule has 0 atom stereocenters. The second kappa shape index (κ2) is 23.4. The fourth-order valence-electron chi connectivity index (χ4n) is 4.50. The van der Waals surface area contributed by atoms with Gasteiger partial charge in [0.2, 0.25) is 0 Å². The van der Waals surface area contributed by atoms with Crippen molar-refractivity contribution < 1.29 is 42.9 Å². The molecular formula is C41H39ClO2P2Pt-. The maximum Gasteiger partial charge on any atom is 0.147 e. The van der Waals surface area contributed by atoms with Gasteiger partial charge in [0.15, 0.2) is 0 Å². The summed E-state index contributed by atoms with van der Waals surface area (Å²) in [5.74, 6) is 0. The van der Waals surface area contributed by atoms with Crippen molar-refractivity contribution in [2.75, 3.05) is 13.9 Å². The molecule has 0 N–H and O–H groups in total. The van der Waals surface area contributed by atoms with E-state index in [1.54, 1.807) is 7.11 Å². The second-order valence-electron chi connectivity index (χ2n) is 9.77. The summed E-state index contributed by atoms with van der Waals surface area (Å²) in [7, 11) is 0.653. The Morgan fingerprint density at radius 3 is 0.745 bits per heavy atom. The molecule has 0 heterocycles. The standard InChI is InChI=1S/2C18H15P.C5H9O2.ClH.Pt/c2*1-4-10-16(11-5-1)19(17-12-6-2-7-13-17)18-14-8-3-9-15-18;1-5(2)7-4-6-3;;/h2*1-15H;1-2,4H2,3H3;1H;/p-1. The molecule has 0 saturated heterocycles. The van der Waals surface area contributed by atoms with Gasteiger partial charge >= 0.3 is 0 Å². The van der Waals surface area contributed by atoms with Gasteiger partial charge in [-0.3, -0.25) is 0 Å². The number of benzene rings is 6. The Hall–Kier alpha value is -2.92. The van der Waals surface area contributed by atoms with Gasteiger partial charge in [-0.05, 0) is 61.5 Å². The summed E-state index contributed by atoms with van der Waals surface area (Å²) >= 11 is 0. The van der Waals surface area contributed by atoms with Crippen molar-refractivity contribution in [3.8, 4) is 0 Å². The van der Waals surface area contributed by atoms with Crippen LogP contribution in [0.15, 0.2) is 182 Å². The molecule has 0 saturated carbocycles. The van der Waals surface area contributed by atoms with E-state index in [0.29, 0.717) is 6.10 Å². The Kier molecular flexibility index (Phi) is 20.1. The van der Waals surface area contributed by atoms with Gasteiger partial charge in [0, 0.05) is 28.2 Å². The molecule has 0 unspecified atom stereocenters. The molecule has 3 radical (unpaired) electrons. The summed E-state index contributed by atoms with van der Waals surface area (Å²) in [6.45, 7) is 7.00. The molecule has 0 aliphatic heterocycles. The van der Waals surface area contributed by atoms with E-state index in [-0.39, 0.29) is 40.3 Å². The van der Waals surface area contributed by atoms with Crippen molar-refractivity contribution in [3.63, 3.8) is 0 Å². The molecule has 0 aliphatic carbocycles. The maximum atomic E-state index is 4.66. The van der Waals surface area contributed by atoms with Crippen LogP contribution in [0.3, 0.4) is 0 Å². The van der Waals surface area contributed by atoms with Crippen LogP contribution in [0.4, 0.5) is 0 Å². The van der Waals surface area contributed by atoms with Crippen molar-refractivity contribution in [1.29, 1.82) is 0 Å². The van der Waals surface area contributed by atoms with E-state index in [1.807, 2.05) is 0 Å². The molecule has 2 nitrogen and oxygen atoms in total. The van der Waals surface area contributed by atoms with Crippen molar-refractivity contribution in [3.05, 3.63) is 202 Å². The zero-order valence-electron chi connectivity index (χ0n) is 26.3. The van der Waals surface area contributed by atoms with Gasteiger partial charge < -0.3 is 21.9 Å². The molecule has 0 fully saturated rings.